The van der Waals surface area contributed by atoms with E-state index >= 15 is 0 Å². The van der Waals surface area contributed by atoms with Crippen LogP contribution in [0.3, 0.4) is 0 Å². The van der Waals surface area contributed by atoms with Crippen LogP contribution in [0.1, 0.15) is 5.56 Å². The molecule has 5 rings (SSSR count). The minimum Gasteiger partial charge on any atom is -0.464 e. The molecule has 0 spiro atoms. The standard InChI is InChI=1S/C21H12F3N3O2/c22-21(23,24)15-9-14(18-7-4-8-28-18)11-27-12-17(25-20(15)27)19-10-16(26-29-19)13-5-2-1-3-6-13/h1-12H. The molecular weight excluding hydrogens is 383 g/mol. The first-order valence-electron chi connectivity index (χ1n) is 8.65. The Bertz CT molecular complexity index is 1290. The maximum Gasteiger partial charge on any atom is 0.420 e. The first-order chi connectivity index (χ1) is 14.0. The molecule has 0 saturated carbocycles. The Balaban J connectivity index is 1.64. The molecule has 0 fully saturated rings. The predicted octanol–water partition coefficient (Wildman–Crippen LogP) is 5.94. The van der Waals surface area contributed by atoms with E-state index in [-0.39, 0.29) is 17.1 Å². The van der Waals surface area contributed by atoms with E-state index in [1.165, 1.54) is 23.1 Å². The Labute approximate surface area is 162 Å². The molecule has 4 aromatic heterocycles. The van der Waals surface area contributed by atoms with Gasteiger partial charge in [0.05, 0.1) is 11.8 Å². The number of rotatable bonds is 3. The van der Waals surface area contributed by atoms with Crippen LogP contribution in [0, 0.1) is 0 Å². The van der Waals surface area contributed by atoms with Gasteiger partial charge in [0.2, 0.25) is 0 Å². The van der Waals surface area contributed by atoms with E-state index in [1.807, 2.05) is 30.3 Å². The summed E-state index contributed by atoms with van der Waals surface area (Å²) < 4.78 is 52.9. The van der Waals surface area contributed by atoms with E-state index in [9.17, 15) is 13.2 Å². The van der Waals surface area contributed by atoms with Gasteiger partial charge < -0.3 is 13.3 Å². The average Bonchev–Trinajstić information content (AvgIpc) is 3.46. The maximum absolute atomic E-state index is 13.7. The zero-order chi connectivity index (χ0) is 20.0. The van der Waals surface area contributed by atoms with Gasteiger partial charge in [0.1, 0.15) is 22.8 Å². The molecule has 0 N–H and O–H groups in total. The van der Waals surface area contributed by atoms with Crippen molar-refractivity contribution in [1.29, 1.82) is 0 Å². The number of furan rings is 1. The van der Waals surface area contributed by atoms with E-state index in [1.54, 1.807) is 18.2 Å². The monoisotopic (exact) mass is 395 g/mol. The summed E-state index contributed by atoms with van der Waals surface area (Å²) in [5, 5.41) is 4.00. The molecule has 8 heteroatoms. The summed E-state index contributed by atoms with van der Waals surface area (Å²) in [4.78, 5) is 4.16. The van der Waals surface area contributed by atoms with Gasteiger partial charge in [-0.15, -0.1) is 0 Å². The van der Waals surface area contributed by atoms with Crippen molar-refractivity contribution in [1.82, 2.24) is 14.5 Å². The number of benzene rings is 1. The van der Waals surface area contributed by atoms with E-state index < -0.39 is 11.7 Å². The third kappa shape index (κ3) is 3.08. The summed E-state index contributed by atoms with van der Waals surface area (Å²) in [6.07, 6.45) is -0.157. The summed E-state index contributed by atoms with van der Waals surface area (Å²) in [6, 6.07) is 15.2. The molecule has 0 saturated heterocycles. The van der Waals surface area contributed by atoms with Gasteiger partial charge in [-0.3, -0.25) is 0 Å². The van der Waals surface area contributed by atoms with Crippen molar-refractivity contribution in [2.75, 3.05) is 0 Å². The first kappa shape index (κ1) is 17.3. The molecule has 0 aliphatic heterocycles. The lowest BCUT2D eigenvalue weighted by Crippen LogP contribution is -2.08. The second kappa shape index (κ2) is 6.37. The van der Waals surface area contributed by atoms with Crippen LogP contribution in [-0.4, -0.2) is 14.5 Å². The summed E-state index contributed by atoms with van der Waals surface area (Å²) in [5.41, 5.74) is 0.872. The van der Waals surface area contributed by atoms with Crippen molar-refractivity contribution in [2.24, 2.45) is 0 Å². The van der Waals surface area contributed by atoms with Gasteiger partial charge in [-0.25, -0.2) is 4.98 Å². The minimum absolute atomic E-state index is 0.222. The lowest BCUT2D eigenvalue weighted by molar-refractivity contribution is -0.136. The number of halogens is 3. The van der Waals surface area contributed by atoms with Crippen molar-refractivity contribution in [3.63, 3.8) is 0 Å². The van der Waals surface area contributed by atoms with Gasteiger partial charge in [-0.2, -0.15) is 13.2 Å². The van der Waals surface area contributed by atoms with Gasteiger partial charge in [0, 0.05) is 29.6 Å². The molecule has 0 radical (unpaired) electrons. The lowest BCUT2D eigenvalue weighted by Gasteiger charge is -2.09. The maximum atomic E-state index is 13.7. The first-order valence-corrected chi connectivity index (χ1v) is 8.65. The molecule has 0 unspecified atom stereocenters. The topological polar surface area (TPSA) is 56.5 Å². The number of hydrogen-bond acceptors (Lipinski definition) is 4. The highest BCUT2D eigenvalue weighted by Gasteiger charge is 2.35. The quantitative estimate of drug-likeness (QED) is 0.380. The molecular formula is C21H12F3N3O2. The van der Waals surface area contributed by atoms with Crippen LogP contribution in [0.4, 0.5) is 13.2 Å². The average molecular weight is 395 g/mol. The predicted molar refractivity (Wildman–Crippen MR) is 98.8 cm³/mol. The molecule has 4 heterocycles. The van der Waals surface area contributed by atoms with E-state index in [0.717, 1.165) is 11.6 Å². The van der Waals surface area contributed by atoms with Gasteiger partial charge >= 0.3 is 6.18 Å². The highest BCUT2D eigenvalue weighted by Crippen LogP contribution is 2.36. The SMILES string of the molecule is FC(F)(F)c1cc(-c2ccco2)cn2cc(-c3cc(-c4ccccc4)no3)nc12. The lowest BCUT2D eigenvalue weighted by atomic mass is 10.1. The fourth-order valence-electron chi connectivity index (χ4n) is 3.14. The number of alkyl halides is 3. The normalized spacial score (nSPS) is 12.0. The zero-order valence-corrected chi connectivity index (χ0v) is 14.7. The Kier molecular flexibility index (Phi) is 3.80. The Hall–Kier alpha value is -3.81. The fourth-order valence-corrected chi connectivity index (χ4v) is 3.14. The molecule has 0 amide bonds. The molecule has 144 valence electrons. The minimum atomic E-state index is -4.58. The molecule has 5 nitrogen and oxygen atoms in total. The highest BCUT2D eigenvalue weighted by atomic mass is 19.4. The van der Waals surface area contributed by atoms with Gasteiger partial charge in [-0.05, 0) is 18.2 Å². The molecule has 1 aromatic carbocycles. The van der Waals surface area contributed by atoms with Crippen molar-refractivity contribution < 1.29 is 22.1 Å². The second-order valence-corrected chi connectivity index (χ2v) is 6.42. The third-order valence-corrected chi connectivity index (χ3v) is 4.49. The van der Waals surface area contributed by atoms with Gasteiger partial charge in [-0.1, -0.05) is 35.5 Å². The van der Waals surface area contributed by atoms with Crippen LogP contribution in [0.15, 0.2) is 82.2 Å². The Morgan fingerprint density at radius 2 is 1.66 bits per heavy atom. The number of aromatic nitrogens is 3. The molecule has 0 aliphatic carbocycles. The fraction of sp³-hybridized carbons (Fsp3) is 0.0476. The van der Waals surface area contributed by atoms with Crippen LogP contribution < -0.4 is 0 Å². The highest BCUT2D eigenvalue weighted by molar-refractivity contribution is 5.69. The largest absolute Gasteiger partial charge is 0.464 e. The summed E-state index contributed by atoms with van der Waals surface area (Å²) in [7, 11) is 0. The van der Waals surface area contributed by atoms with Crippen LogP contribution in [-0.2, 0) is 6.18 Å². The third-order valence-electron chi connectivity index (χ3n) is 4.49. The van der Waals surface area contributed by atoms with E-state index in [2.05, 4.69) is 10.1 Å². The summed E-state index contributed by atoms with van der Waals surface area (Å²) in [5.74, 6) is 0.610. The van der Waals surface area contributed by atoms with Crippen LogP contribution in [0.5, 0.6) is 0 Å². The molecule has 5 aromatic rings. The number of hydrogen-bond donors (Lipinski definition) is 0. The molecule has 0 bridgehead atoms. The van der Waals surface area contributed by atoms with E-state index in [4.69, 9.17) is 8.94 Å². The molecule has 29 heavy (non-hydrogen) atoms. The summed E-state index contributed by atoms with van der Waals surface area (Å²) >= 11 is 0. The van der Waals surface area contributed by atoms with Crippen molar-refractivity contribution in [3.8, 4) is 34.0 Å². The number of imidazole rings is 1. The summed E-state index contributed by atoms with van der Waals surface area (Å²) in [6.45, 7) is 0. The van der Waals surface area contributed by atoms with Gasteiger partial charge in [0.15, 0.2) is 5.76 Å². The number of fused-ring (bicyclic) bond motifs is 1. The second-order valence-electron chi connectivity index (χ2n) is 6.42. The van der Waals surface area contributed by atoms with Crippen molar-refractivity contribution >= 4 is 5.65 Å². The molecule has 0 aliphatic rings. The van der Waals surface area contributed by atoms with Crippen molar-refractivity contribution in [2.45, 2.75) is 6.18 Å². The molecule has 0 atom stereocenters. The van der Waals surface area contributed by atoms with Crippen LogP contribution in [0.2, 0.25) is 0 Å². The van der Waals surface area contributed by atoms with E-state index in [0.29, 0.717) is 17.0 Å². The Morgan fingerprint density at radius 3 is 2.38 bits per heavy atom. The Morgan fingerprint density at radius 1 is 0.828 bits per heavy atom. The van der Waals surface area contributed by atoms with Crippen molar-refractivity contribution in [3.05, 3.63) is 78.8 Å². The zero-order valence-electron chi connectivity index (χ0n) is 14.7. The van der Waals surface area contributed by atoms with Crippen LogP contribution in [0.25, 0.3) is 39.7 Å². The number of pyridine rings is 1. The van der Waals surface area contributed by atoms with Crippen LogP contribution >= 0.6 is 0 Å². The van der Waals surface area contributed by atoms with Gasteiger partial charge in [0.25, 0.3) is 0 Å². The smallest absolute Gasteiger partial charge is 0.420 e. The number of nitrogens with zero attached hydrogens (tertiary/aromatic N) is 3.